The summed E-state index contributed by atoms with van der Waals surface area (Å²) in [4.78, 5) is 16.1. The van der Waals surface area contributed by atoms with Gasteiger partial charge in [0.05, 0.1) is 0 Å². The Balaban J connectivity index is 1.81. The van der Waals surface area contributed by atoms with E-state index in [4.69, 9.17) is 10.5 Å². The summed E-state index contributed by atoms with van der Waals surface area (Å²) in [7, 11) is 0. The average molecular weight is 277 g/mol. The second-order valence-electron chi connectivity index (χ2n) is 5.02. The molecular weight excluding hydrogens is 254 g/mol. The van der Waals surface area contributed by atoms with Crippen LogP contribution in [-0.4, -0.2) is 50.2 Å². The first-order valence-corrected chi connectivity index (χ1v) is 7.16. The molecule has 2 N–H and O–H groups in total. The first-order valence-electron chi connectivity index (χ1n) is 7.16. The van der Waals surface area contributed by atoms with Crippen LogP contribution in [0.2, 0.25) is 0 Å². The van der Waals surface area contributed by atoms with Crippen LogP contribution in [0.3, 0.4) is 0 Å². The van der Waals surface area contributed by atoms with Crippen molar-refractivity contribution >= 4 is 17.3 Å². The Labute approximate surface area is 120 Å². The standard InChI is InChI=1S/C15H23N3O2/c1-2-10-20-12-15(19)18-8-6-17(7-9-18)14-5-3-4-13(16)11-14/h3-5,11H,2,6-10,12,16H2,1H3. The lowest BCUT2D eigenvalue weighted by Crippen LogP contribution is -2.49. The summed E-state index contributed by atoms with van der Waals surface area (Å²) in [6.45, 7) is 6.04. The molecular formula is C15H23N3O2. The Morgan fingerprint density at radius 2 is 2.05 bits per heavy atom. The first kappa shape index (κ1) is 14.7. The van der Waals surface area contributed by atoms with Gasteiger partial charge in [-0.1, -0.05) is 13.0 Å². The summed E-state index contributed by atoms with van der Waals surface area (Å²) in [5.41, 5.74) is 7.70. The van der Waals surface area contributed by atoms with Gasteiger partial charge in [0.25, 0.3) is 0 Å². The monoisotopic (exact) mass is 277 g/mol. The zero-order valence-corrected chi connectivity index (χ0v) is 12.0. The summed E-state index contributed by atoms with van der Waals surface area (Å²) < 4.78 is 5.30. The van der Waals surface area contributed by atoms with Crippen molar-refractivity contribution in [3.63, 3.8) is 0 Å². The molecule has 1 aliphatic heterocycles. The van der Waals surface area contributed by atoms with E-state index in [-0.39, 0.29) is 12.5 Å². The van der Waals surface area contributed by atoms with Crippen molar-refractivity contribution in [1.82, 2.24) is 4.90 Å². The second-order valence-corrected chi connectivity index (χ2v) is 5.02. The van der Waals surface area contributed by atoms with E-state index in [1.165, 1.54) is 0 Å². The van der Waals surface area contributed by atoms with Gasteiger partial charge >= 0.3 is 0 Å². The summed E-state index contributed by atoms with van der Waals surface area (Å²) >= 11 is 0. The van der Waals surface area contributed by atoms with Crippen LogP contribution in [0.5, 0.6) is 0 Å². The number of piperazine rings is 1. The van der Waals surface area contributed by atoms with Crippen molar-refractivity contribution in [1.29, 1.82) is 0 Å². The topological polar surface area (TPSA) is 58.8 Å². The summed E-state index contributed by atoms with van der Waals surface area (Å²) in [5.74, 6) is 0.0886. The maximum atomic E-state index is 11.9. The summed E-state index contributed by atoms with van der Waals surface area (Å²) in [6, 6.07) is 7.87. The quantitative estimate of drug-likeness (QED) is 0.652. The van der Waals surface area contributed by atoms with Gasteiger partial charge in [-0.15, -0.1) is 0 Å². The zero-order chi connectivity index (χ0) is 14.4. The molecule has 5 nitrogen and oxygen atoms in total. The Morgan fingerprint density at radius 1 is 1.30 bits per heavy atom. The number of nitrogen functional groups attached to an aromatic ring is 1. The van der Waals surface area contributed by atoms with E-state index < -0.39 is 0 Å². The van der Waals surface area contributed by atoms with Crippen molar-refractivity contribution < 1.29 is 9.53 Å². The smallest absolute Gasteiger partial charge is 0.248 e. The molecule has 2 rings (SSSR count). The van der Waals surface area contributed by atoms with Crippen molar-refractivity contribution in [2.75, 3.05) is 50.0 Å². The number of nitrogens with two attached hydrogens (primary N) is 1. The first-order chi connectivity index (χ1) is 9.70. The number of hydrogen-bond acceptors (Lipinski definition) is 4. The van der Waals surface area contributed by atoms with Gasteiger partial charge in [-0.25, -0.2) is 0 Å². The van der Waals surface area contributed by atoms with Crippen molar-refractivity contribution in [2.24, 2.45) is 0 Å². The van der Waals surface area contributed by atoms with Gasteiger partial charge in [-0.2, -0.15) is 0 Å². The Morgan fingerprint density at radius 3 is 2.70 bits per heavy atom. The zero-order valence-electron chi connectivity index (χ0n) is 12.0. The largest absolute Gasteiger partial charge is 0.399 e. The van der Waals surface area contributed by atoms with Crippen molar-refractivity contribution in [3.8, 4) is 0 Å². The molecule has 0 unspecified atom stereocenters. The van der Waals surface area contributed by atoms with E-state index in [1.54, 1.807) is 0 Å². The van der Waals surface area contributed by atoms with E-state index in [2.05, 4.69) is 11.0 Å². The molecule has 0 saturated carbocycles. The molecule has 1 aliphatic rings. The molecule has 1 aromatic carbocycles. The van der Waals surface area contributed by atoms with Crippen LogP contribution < -0.4 is 10.6 Å². The van der Waals surface area contributed by atoms with Crippen molar-refractivity contribution in [3.05, 3.63) is 24.3 Å². The lowest BCUT2D eigenvalue weighted by molar-refractivity contribution is -0.136. The number of rotatable bonds is 5. The number of amides is 1. The Bertz CT molecular complexity index is 442. The number of nitrogens with zero attached hydrogens (tertiary/aromatic N) is 2. The molecule has 110 valence electrons. The molecule has 1 amide bonds. The molecule has 0 aromatic heterocycles. The van der Waals surface area contributed by atoms with Gasteiger partial charge < -0.3 is 20.3 Å². The van der Waals surface area contributed by atoms with Gasteiger partial charge in [0.15, 0.2) is 0 Å². The highest BCUT2D eigenvalue weighted by Crippen LogP contribution is 2.19. The Hall–Kier alpha value is -1.75. The second kappa shape index (κ2) is 7.14. The maximum Gasteiger partial charge on any atom is 0.248 e. The molecule has 1 aromatic rings. The third-order valence-corrected chi connectivity index (χ3v) is 3.44. The molecule has 1 saturated heterocycles. The minimum Gasteiger partial charge on any atom is -0.399 e. The Kier molecular flexibility index (Phi) is 5.24. The normalized spacial score (nSPS) is 15.4. The predicted molar refractivity (Wildman–Crippen MR) is 80.8 cm³/mol. The fourth-order valence-corrected chi connectivity index (χ4v) is 2.33. The van der Waals surface area contributed by atoms with Crippen LogP contribution in [-0.2, 0) is 9.53 Å². The minimum absolute atomic E-state index is 0.0886. The third-order valence-electron chi connectivity index (χ3n) is 3.44. The highest BCUT2D eigenvalue weighted by molar-refractivity contribution is 5.77. The molecule has 1 heterocycles. The van der Waals surface area contributed by atoms with Gasteiger partial charge in [0.2, 0.25) is 5.91 Å². The van der Waals surface area contributed by atoms with Gasteiger partial charge in [0.1, 0.15) is 6.61 Å². The van der Waals surface area contributed by atoms with Crippen LogP contribution in [0.1, 0.15) is 13.3 Å². The molecule has 20 heavy (non-hydrogen) atoms. The molecule has 0 atom stereocenters. The van der Waals surface area contributed by atoms with Crippen LogP contribution in [0, 0.1) is 0 Å². The molecule has 0 spiro atoms. The average Bonchev–Trinajstić information content (AvgIpc) is 2.47. The van der Waals surface area contributed by atoms with E-state index in [9.17, 15) is 4.79 Å². The highest BCUT2D eigenvalue weighted by Gasteiger charge is 2.21. The lowest BCUT2D eigenvalue weighted by atomic mass is 10.2. The molecule has 0 bridgehead atoms. The third kappa shape index (κ3) is 3.87. The fraction of sp³-hybridized carbons (Fsp3) is 0.533. The number of anilines is 2. The van der Waals surface area contributed by atoms with Crippen LogP contribution >= 0.6 is 0 Å². The summed E-state index contributed by atoms with van der Waals surface area (Å²) in [6.07, 6.45) is 0.941. The number of benzene rings is 1. The number of carbonyl (C=O) groups is 1. The number of hydrogen-bond donors (Lipinski definition) is 1. The van der Waals surface area contributed by atoms with Gasteiger partial charge in [-0.05, 0) is 24.6 Å². The SMILES string of the molecule is CCCOCC(=O)N1CCN(c2cccc(N)c2)CC1. The van der Waals surface area contributed by atoms with Crippen LogP contribution in [0.15, 0.2) is 24.3 Å². The highest BCUT2D eigenvalue weighted by atomic mass is 16.5. The van der Waals surface area contributed by atoms with Crippen LogP contribution in [0.4, 0.5) is 11.4 Å². The molecule has 5 heteroatoms. The molecule has 0 radical (unpaired) electrons. The molecule has 0 aliphatic carbocycles. The predicted octanol–water partition coefficient (Wildman–Crippen LogP) is 1.34. The van der Waals surface area contributed by atoms with Crippen molar-refractivity contribution in [2.45, 2.75) is 13.3 Å². The number of ether oxygens (including phenoxy) is 1. The lowest BCUT2D eigenvalue weighted by Gasteiger charge is -2.36. The van der Waals surface area contributed by atoms with E-state index in [0.29, 0.717) is 6.61 Å². The fourth-order valence-electron chi connectivity index (χ4n) is 2.33. The van der Waals surface area contributed by atoms with Gasteiger partial charge in [0, 0.05) is 44.2 Å². The summed E-state index contributed by atoms with van der Waals surface area (Å²) in [5, 5.41) is 0. The maximum absolute atomic E-state index is 11.9. The number of carbonyl (C=O) groups excluding carboxylic acids is 1. The van der Waals surface area contributed by atoms with Crippen LogP contribution in [0.25, 0.3) is 0 Å². The van der Waals surface area contributed by atoms with E-state index in [0.717, 1.165) is 44.0 Å². The van der Waals surface area contributed by atoms with E-state index in [1.807, 2.05) is 30.0 Å². The minimum atomic E-state index is 0.0886. The molecule has 1 fully saturated rings. The van der Waals surface area contributed by atoms with Gasteiger partial charge in [-0.3, -0.25) is 4.79 Å². The van der Waals surface area contributed by atoms with E-state index >= 15 is 0 Å².